The van der Waals surface area contributed by atoms with Crippen LogP contribution in [0.4, 0.5) is 11.4 Å². The molecule has 1 amide bonds. The normalized spacial score (nSPS) is 10.1. The minimum absolute atomic E-state index is 0.0165. The van der Waals surface area contributed by atoms with Crippen molar-refractivity contribution in [3.8, 4) is 17.3 Å². The molecule has 0 aliphatic carbocycles. The molecule has 138 valence electrons. The van der Waals surface area contributed by atoms with Gasteiger partial charge in [0.2, 0.25) is 5.91 Å². The summed E-state index contributed by atoms with van der Waals surface area (Å²) in [5.41, 5.74) is 2.24. The smallest absolute Gasteiger partial charge is 0.271 e. The second kappa shape index (κ2) is 8.79. The summed E-state index contributed by atoms with van der Waals surface area (Å²) < 4.78 is 0. The number of rotatable bonds is 6. The second-order valence-electron chi connectivity index (χ2n) is 5.67. The predicted molar refractivity (Wildman–Crippen MR) is 107 cm³/mol. The second-order valence-corrected chi connectivity index (χ2v) is 6.64. The molecule has 3 rings (SSSR count). The van der Waals surface area contributed by atoms with E-state index in [2.05, 4.69) is 16.4 Å². The highest BCUT2D eigenvalue weighted by molar-refractivity contribution is 8.00. The van der Waals surface area contributed by atoms with Crippen molar-refractivity contribution < 1.29 is 9.72 Å². The van der Waals surface area contributed by atoms with E-state index in [4.69, 9.17) is 0 Å². The molecule has 0 saturated heterocycles. The van der Waals surface area contributed by atoms with Crippen LogP contribution in [0.5, 0.6) is 0 Å². The number of thioether (sulfide) groups is 1. The van der Waals surface area contributed by atoms with Crippen LogP contribution in [-0.2, 0) is 4.79 Å². The number of nitriles is 1. The highest BCUT2D eigenvalue weighted by Crippen LogP contribution is 2.25. The van der Waals surface area contributed by atoms with Gasteiger partial charge in [0, 0.05) is 23.4 Å². The molecule has 1 N–H and O–H groups in total. The molecule has 0 saturated carbocycles. The fourth-order valence-electron chi connectivity index (χ4n) is 2.43. The molecule has 7 nitrogen and oxygen atoms in total. The van der Waals surface area contributed by atoms with Gasteiger partial charge in [0.05, 0.1) is 21.9 Å². The van der Waals surface area contributed by atoms with Gasteiger partial charge in [0.25, 0.3) is 5.69 Å². The summed E-state index contributed by atoms with van der Waals surface area (Å²) in [6.07, 6.45) is 0. The number of nitrogens with one attached hydrogen (secondary N) is 1. The number of hydrogen-bond acceptors (Lipinski definition) is 6. The number of carbonyl (C=O) groups excluding carboxylic acids is 1. The van der Waals surface area contributed by atoms with Crippen LogP contribution in [0.15, 0.2) is 71.8 Å². The number of anilines is 1. The van der Waals surface area contributed by atoms with Gasteiger partial charge >= 0.3 is 0 Å². The van der Waals surface area contributed by atoms with Crippen LogP contribution < -0.4 is 5.32 Å². The SMILES string of the molecule is N#Cc1ccc(-c2ccccc2)nc1SCC(=O)Nc1cccc([N+](=O)[O-])c1. The monoisotopic (exact) mass is 390 g/mol. The summed E-state index contributed by atoms with van der Waals surface area (Å²) in [5, 5.41) is 23.2. The number of amides is 1. The van der Waals surface area contributed by atoms with Gasteiger partial charge in [-0.15, -0.1) is 0 Å². The first-order valence-electron chi connectivity index (χ1n) is 8.20. The number of non-ortho nitro benzene ring substituents is 1. The number of hydrogen-bond donors (Lipinski definition) is 1. The molecule has 28 heavy (non-hydrogen) atoms. The molecule has 0 fully saturated rings. The lowest BCUT2D eigenvalue weighted by Gasteiger charge is -2.08. The summed E-state index contributed by atoms with van der Waals surface area (Å²) in [6, 6.07) is 20.8. The average Bonchev–Trinajstić information content (AvgIpc) is 2.73. The zero-order valence-corrected chi connectivity index (χ0v) is 15.3. The molecule has 8 heteroatoms. The summed E-state index contributed by atoms with van der Waals surface area (Å²) in [6.45, 7) is 0. The van der Waals surface area contributed by atoms with Gasteiger partial charge in [-0.25, -0.2) is 4.98 Å². The first-order valence-corrected chi connectivity index (χ1v) is 9.19. The van der Waals surface area contributed by atoms with Crippen LogP contribution in [-0.4, -0.2) is 21.6 Å². The summed E-state index contributed by atoms with van der Waals surface area (Å²) in [7, 11) is 0. The van der Waals surface area contributed by atoms with Gasteiger partial charge in [-0.3, -0.25) is 14.9 Å². The maximum Gasteiger partial charge on any atom is 0.271 e. The van der Waals surface area contributed by atoms with E-state index >= 15 is 0 Å². The number of nitrogens with zero attached hydrogens (tertiary/aromatic N) is 3. The van der Waals surface area contributed by atoms with Crippen LogP contribution in [0.3, 0.4) is 0 Å². The minimum Gasteiger partial charge on any atom is -0.325 e. The summed E-state index contributed by atoms with van der Waals surface area (Å²) in [5.74, 6) is -0.330. The molecule has 2 aromatic carbocycles. The lowest BCUT2D eigenvalue weighted by molar-refractivity contribution is -0.384. The van der Waals surface area contributed by atoms with Gasteiger partial charge in [-0.1, -0.05) is 48.2 Å². The van der Waals surface area contributed by atoms with Crippen molar-refractivity contribution >= 4 is 29.0 Å². The van der Waals surface area contributed by atoms with Crippen molar-refractivity contribution in [1.82, 2.24) is 4.98 Å². The first kappa shape index (κ1) is 19.1. The molecule has 1 heterocycles. The Morgan fingerprint density at radius 3 is 2.64 bits per heavy atom. The van der Waals surface area contributed by atoms with E-state index in [1.807, 2.05) is 30.3 Å². The van der Waals surface area contributed by atoms with Crippen LogP contribution in [0, 0.1) is 21.4 Å². The quantitative estimate of drug-likeness (QED) is 0.383. The van der Waals surface area contributed by atoms with E-state index < -0.39 is 4.92 Å². The van der Waals surface area contributed by atoms with Crippen LogP contribution in [0.25, 0.3) is 11.3 Å². The Labute approximate surface area is 165 Å². The topological polar surface area (TPSA) is 109 Å². The van der Waals surface area contributed by atoms with Crippen molar-refractivity contribution in [2.24, 2.45) is 0 Å². The largest absolute Gasteiger partial charge is 0.325 e. The third-order valence-corrected chi connectivity index (χ3v) is 4.72. The zero-order valence-electron chi connectivity index (χ0n) is 14.5. The first-order chi connectivity index (χ1) is 13.6. The summed E-state index contributed by atoms with van der Waals surface area (Å²) >= 11 is 1.14. The Hall–Kier alpha value is -3.70. The molecular formula is C20H14N4O3S. The maximum atomic E-state index is 12.2. The number of carbonyl (C=O) groups is 1. The molecule has 0 aliphatic rings. The molecular weight excluding hydrogens is 376 g/mol. The van der Waals surface area contributed by atoms with Crippen molar-refractivity contribution in [2.75, 3.05) is 11.1 Å². The van der Waals surface area contributed by atoms with E-state index in [0.717, 1.165) is 17.3 Å². The Morgan fingerprint density at radius 1 is 1.14 bits per heavy atom. The van der Waals surface area contributed by atoms with Gasteiger partial charge in [0.15, 0.2) is 0 Å². The molecule has 0 radical (unpaired) electrons. The van der Waals surface area contributed by atoms with E-state index in [9.17, 15) is 20.2 Å². The van der Waals surface area contributed by atoms with Gasteiger partial charge in [-0.2, -0.15) is 5.26 Å². The molecule has 3 aromatic rings. The van der Waals surface area contributed by atoms with Crippen molar-refractivity contribution in [2.45, 2.75) is 5.03 Å². The highest BCUT2D eigenvalue weighted by atomic mass is 32.2. The minimum atomic E-state index is -0.525. The van der Waals surface area contributed by atoms with Crippen LogP contribution in [0.1, 0.15) is 5.56 Å². The van der Waals surface area contributed by atoms with Crippen molar-refractivity contribution in [3.63, 3.8) is 0 Å². The zero-order chi connectivity index (χ0) is 19.9. The lowest BCUT2D eigenvalue weighted by atomic mass is 10.1. The van der Waals surface area contributed by atoms with E-state index in [0.29, 0.717) is 22.0 Å². The number of nitro benzene ring substituents is 1. The van der Waals surface area contributed by atoms with Gasteiger partial charge in [0.1, 0.15) is 11.1 Å². The number of benzene rings is 2. The molecule has 0 bridgehead atoms. The fourth-order valence-corrected chi connectivity index (χ4v) is 3.21. The molecule has 0 aliphatic heterocycles. The number of pyridine rings is 1. The highest BCUT2D eigenvalue weighted by Gasteiger charge is 2.12. The van der Waals surface area contributed by atoms with Crippen LogP contribution in [0.2, 0.25) is 0 Å². The fraction of sp³-hybridized carbons (Fsp3) is 0.0500. The maximum absolute atomic E-state index is 12.2. The number of nitro groups is 1. The molecule has 0 unspecified atom stereocenters. The summed E-state index contributed by atoms with van der Waals surface area (Å²) in [4.78, 5) is 27.0. The molecule has 0 atom stereocenters. The number of aromatic nitrogens is 1. The Balaban J connectivity index is 1.71. The van der Waals surface area contributed by atoms with Gasteiger partial charge in [-0.05, 0) is 18.2 Å². The predicted octanol–water partition coefficient (Wildman–Crippen LogP) is 4.26. The third kappa shape index (κ3) is 4.72. The van der Waals surface area contributed by atoms with Crippen molar-refractivity contribution in [3.05, 3.63) is 82.4 Å². The molecule has 1 aromatic heterocycles. The van der Waals surface area contributed by atoms with Crippen LogP contribution >= 0.6 is 11.8 Å². The Kier molecular flexibility index (Phi) is 5.99. The average molecular weight is 390 g/mol. The third-order valence-electron chi connectivity index (χ3n) is 3.73. The van der Waals surface area contributed by atoms with Crippen molar-refractivity contribution in [1.29, 1.82) is 5.26 Å². The standard InChI is InChI=1S/C20H14N4O3S/c21-12-15-9-10-18(14-5-2-1-3-6-14)23-20(15)28-13-19(25)22-16-7-4-8-17(11-16)24(26)27/h1-11H,13H2,(H,22,25). The van der Waals surface area contributed by atoms with E-state index in [1.54, 1.807) is 18.2 Å². The van der Waals surface area contributed by atoms with Gasteiger partial charge < -0.3 is 5.32 Å². The lowest BCUT2D eigenvalue weighted by Crippen LogP contribution is -2.14. The van der Waals surface area contributed by atoms with E-state index in [1.165, 1.54) is 18.2 Å². The Morgan fingerprint density at radius 2 is 1.93 bits per heavy atom. The Bertz CT molecular complexity index is 1060. The molecule has 0 spiro atoms. The van der Waals surface area contributed by atoms with E-state index in [-0.39, 0.29) is 17.3 Å².